The number of anilines is 2. The first-order valence-electron chi connectivity index (χ1n) is 8.33. The molecule has 0 aliphatic heterocycles. The standard InChI is InChI=1S/C18H30N4O2/c1-7-22(6)15-10-8-9-14(11-15)20-18(24)17(23)19-12-16(13(2)3)21(4)5/h8-11,13,16H,7,12H2,1-6H3,(H,19,23)(H,20,24)/t16-/m0/s1. The first kappa shape index (κ1) is 20.0. The van der Waals surface area contributed by atoms with Gasteiger partial charge in [0.15, 0.2) is 0 Å². The average molecular weight is 334 g/mol. The minimum atomic E-state index is -0.646. The SMILES string of the molecule is CCN(C)c1cccc(NC(=O)C(=O)NC[C@@H](C(C)C)N(C)C)c1. The number of hydrogen-bond donors (Lipinski definition) is 2. The number of carbonyl (C=O) groups is 2. The van der Waals surface area contributed by atoms with Gasteiger partial charge in [-0.15, -0.1) is 0 Å². The second kappa shape index (κ2) is 9.27. The van der Waals surface area contributed by atoms with E-state index in [9.17, 15) is 9.59 Å². The fourth-order valence-electron chi connectivity index (χ4n) is 2.48. The van der Waals surface area contributed by atoms with Crippen LogP contribution in [0.15, 0.2) is 24.3 Å². The zero-order valence-electron chi connectivity index (χ0n) is 15.6. The molecular weight excluding hydrogens is 304 g/mol. The summed E-state index contributed by atoms with van der Waals surface area (Å²) >= 11 is 0. The third kappa shape index (κ3) is 5.85. The van der Waals surface area contributed by atoms with E-state index in [1.807, 2.05) is 44.2 Å². The van der Waals surface area contributed by atoms with E-state index in [-0.39, 0.29) is 6.04 Å². The molecule has 1 aromatic rings. The van der Waals surface area contributed by atoms with Gasteiger partial charge in [0.1, 0.15) is 0 Å². The van der Waals surface area contributed by atoms with Crippen molar-refractivity contribution in [2.24, 2.45) is 5.92 Å². The summed E-state index contributed by atoms with van der Waals surface area (Å²) < 4.78 is 0. The maximum atomic E-state index is 12.1. The Labute approximate surface area is 145 Å². The van der Waals surface area contributed by atoms with E-state index in [1.54, 1.807) is 6.07 Å². The molecule has 6 heteroatoms. The monoisotopic (exact) mass is 334 g/mol. The number of benzene rings is 1. The van der Waals surface area contributed by atoms with Crippen LogP contribution in [0.25, 0.3) is 0 Å². The Bertz CT molecular complexity index is 550. The number of nitrogens with one attached hydrogen (secondary N) is 2. The van der Waals surface area contributed by atoms with Crippen molar-refractivity contribution in [3.05, 3.63) is 24.3 Å². The molecule has 0 spiro atoms. The molecule has 1 atom stereocenters. The second-order valence-corrected chi connectivity index (χ2v) is 6.50. The van der Waals surface area contributed by atoms with Crippen LogP contribution in [0.5, 0.6) is 0 Å². The van der Waals surface area contributed by atoms with Crippen molar-refractivity contribution >= 4 is 23.2 Å². The van der Waals surface area contributed by atoms with Gasteiger partial charge in [-0.05, 0) is 45.1 Å². The number of amides is 2. The fraction of sp³-hybridized carbons (Fsp3) is 0.556. The lowest BCUT2D eigenvalue weighted by Crippen LogP contribution is -2.46. The van der Waals surface area contributed by atoms with E-state index in [0.29, 0.717) is 18.2 Å². The van der Waals surface area contributed by atoms with E-state index in [0.717, 1.165) is 12.2 Å². The molecule has 1 rings (SSSR count). The van der Waals surface area contributed by atoms with Crippen LogP contribution in [0.1, 0.15) is 20.8 Å². The molecule has 134 valence electrons. The molecule has 0 saturated carbocycles. The van der Waals surface area contributed by atoms with Crippen LogP contribution in [0, 0.1) is 5.92 Å². The molecule has 0 aliphatic carbocycles. The van der Waals surface area contributed by atoms with Gasteiger partial charge in [0.05, 0.1) is 0 Å². The zero-order chi connectivity index (χ0) is 18.3. The average Bonchev–Trinajstić information content (AvgIpc) is 2.53. The fourth-order valence-corrected chi connectivity index (χ4v) is 2.48. The van der Waals surface area contributed by atoms with Crippen LogP contribution in [0.4, 0.5) is 11.4 Å². The number of carbonyl (C=O) groups excluding carboxylic acids is 2. The van der Waals surface area contributed by atoms with E-state index in [1.165, 1.54) is 0 Å². The van der Waals surface area contributed by atoms with Gasteiger partial charge in [0.2, 0.25) is 0 Å². The Morgan fingerprint density at radius 3 is 2.33 bits per heavy atom. The highest BCUT2D eigenvalue weighted by molar-refractivity contribution is 6.39. The summed E-state index contributed by atoms with van der Waals surface area (Å²) in [6, 6.07) is 7.63. The summed E-state index contributed by atoms with van der Waals surface area (Å²) in [6.45, 7) is 7.53. The summed E-state index contributed by atoms with van der Waals surface area (Å²) in [5.41, 5.74) is 1.60. The highest BCUT2D eigenvalue weighted by Gasteiger charge is 2.19. The van der Waals surface area contributed by atoms with E-state index >= 15 is 0 Å². The Kier molecular flexibility index (Phi) is 7.71. The topological polar surface area (TPSA) is 64.7 Å². The van der Waals surface area contributed by atoms with Crippen LogP contribution in [0.3, 0.4) is 0 Å². The Hall–Kier alpha value is -2.08. The molecule has 2 amide bonds. The number of rotatable bonds is 7. The van der Waals surface area contributed by atoms with Gasteiger partial charge in [-0.3, -0.25) is 9.59 Å². The predicted octanol–water partition coefficient (Wildman–Crippen LogP) is 1.78. The maximum Gasteiger partial charge on any atom is 0.313 e. The first-order chi connectivity index (χ1) is 11.3. The van der Waals surface area contributed by atoms with Crippen molar-refractivity contribution in [1.29, 1.82) is 0 Å². The second-order valence-electron chi connectivity index (χ2n) is 6.50. The Morgan fingerprint density at radius 2 is 1.79 bits per heavy atom. The maximum absolute atomic E-state index is 12.1. The molecule has 2 N–H and O–H groups in total. The van der Waals surface area contributed by atoms with Gasteiger partial charge < -0.3 is 20.4 Å². The van der Waals surface area contributed by atoms with Crippen LogP contribution in [-0.4, -0.2) is 57.0 Å². The van der Waals surface area contributed by atoms with Gasteiger partial charge in [-0.1, -0.05) is 19.9 Å². The minimum absolute atomic E-state index is 0.184. The molecule has 1 aromatic carbocycles. The number of hydrogen-bond acceptors (Lipinski definition) is 4. The lowest BCUT2D eigenvalue weighted by atomic mass is 10.0. The minimum Gasteiger partial charge on any atom is -0.375 e. The van der Waals surface area contributed by atoms with Crippen molar-refractivity contribution < 1.29 is 9.59 Å². The van der Waals surface area contributed by atoms with Gasteiger partial charge in [-0.2, -0.15) is 0 Å². The van der Waals surface area contributed by atoms with E-state index < -0.39 is 11.8 Å². The van der Waals surface area contributed by atoms with Crippen LogP contribution in [-0.2, 0) is 9.59 Å². The summed E-state index contributed by atoms with van der Waals surface area (Å²) in [6.07, 6.45) is 0. The van der Waals surface area contributed by atoms with Gasteiger partial charge >= 0.3 is 11.8 Å². The molecule has 0 radical (unpaired) electrons. The van der Waals surface area contributed by atoms with Gasteiger partial charge in [0.25, 0.3) is 0 Å². The molecule has 0 unspecified atom stereocenters. The number of likely N-dealkylation sites (N-methyl/N-ethyl adjacent to an activating group) is 1. The third-order valence-corrected chi connectivity index (χ3v) is 4.13. The van der Waals surface area contributed by atoms with Crippen LogP contribution in [0.2, 0.25) is 0 Å². The molecule has 0 aliphatic rings. The molecule has 0 aromatic heterocycles. The summed E-state index contributed by atoms with van der Waals surface area (Å²) in [4.78, 5) is 28.2. The first-order valence-corrected chi connectivity index (χ1v) is 8.33. The normalized spacial score (nSPS) is 12.2. The summed E-state index contributed by atoms with van der Waals surface area (Å²) in [5.74, 6) is -0.881. The van der Waals surface area contributed by atoms with Crippen LogP contribution >= 0.6 is 0 Å². The van der Waals surface area contributed by atoms with Crippen LogP contribution < -0.4 is 15.5 Å². The van der Waals surface area contributed by atoms with Gasteiger partial charge in [-0.25, -0.2) is 0 Å². The lowest BCUT2D eigenvalue weighted by Gasteiger charge is -2.27. The highest BCUT2D eigenvalue weighted by atomic mass is 16.2. The zero-order valence-corrected chi connectivity index (χ0v) is 15.6. The molecule has 0 fully saturated rings. The van der Waals surface area contributed by atoms with Crippen molar-refractivity contribution in [1.82, 2.24) is 10.2 Å². The van der Waals surface area contributed by atoms with E-state index in [4.69, 9.17) is 0 Å². The molecular formula is C18H30N4O2. The molecule has 0 bridgehead atoms. The largest absolute Gasteiger partial charge is 0.375 e. The smallest absolute Gasteiger partial charge is 0.313 e. The van der Waals surface area contributed by atoms with Crippen molar-refractivity contribution in [3.63, 3.8) is 0 Å². The number of nitrogens with zero attached hydrogens (tertiary/aromatic N) is 2. The quantitative estimate of drug-likeness (QED) is 0.746. The lowest BCUT2D eigenvalue weighted by molar-refractivity contribution is -0.136. The Balaban J connectivity index is 2.63. The molecule has 6 nitrogen and oxygen atoms in total. The Morgan fingerprint density at radius 1 is 1.12 bits per heavy atom. The van der Waals surface area contributed by atoms with Crippen molar-refractivity contribution in [3.8, 4) is 0 Å². The summed E-state index contributed by atoms with van der Waals surface area (Å²) in [5, 5.41) is 5.36. The highest BCUT2D eigenvalue weighted by Crippen LogP contribution is 2.18. The molecule has 0 saturated heterocycles. The van der Waals surface area contributed by atoms with Crippen molar-refractivity contribution in [2.45, 2.75) is 26.8 Å². The summed E-state index contributed by atoms with van der Waals surface area (Å²) in [7, 11) is 5.90. The predicted molar refractivity (Wildman–Crippen MR) is 99.3 cm³/mol. The third-order valence-electron chi connectivity index (χ3n) is 4.13. The van der Waals surface area contributed by atoms with Gasteiger partial charge in [0, 0.05) is 37.6 Å². The van der Waals surface area contributed by atoms with E-state index in [2.05, 4.69) is 36.3 Å². The molecule has 0 heterocycles. The van der Waals surface area contributed by atoms with Crippen molar-refractivity contribution in [2.75, 3.05) is 44.4 Å². The molecule has 24 heavy (non-hydrogen) atoms.